The minimum atomic E-state index is -0.0630. The van der Waals surface area contributed by atoms with Crippen LogP contribution >= 0.6 is 0 Å². The first-order valence-corrected chi connectivity index (χ1v) is 6.49. The lowest BCUT2D eigenvalue weighted by atomic mass is 10.1. The molecule has 1 atom stereocenters. The maximum Gasteiger partial charge on any atom is 0.124 e. The van der Waals surface area contributed by atoms with E-state index in [2.05, 4.69) is 16.4 Å². The molecule has 0 aliphatic rings. The normalized spacial score (nSPS) is 12.4. The van der Waals surface area contributed by atoms with Crippen molar-refractivity contribution in [3.05, 3.63) is 54.2 Å². The first kappa shape index (κ1) is 12.4. The summed E-state index contributed by atoms with van der Waals surface area (Å²) in [5, 5.41) is 23.7. The maximum absolute atomic E-state index is 9.87. The Morgan fingerprint density at radius 3 is 2.70 bits per heavy atom. The van der Waals surface area contributed by atoms with Crippen LogP contribution in [0.4, 0.5) is 5.69 Å². The van der Waals surface area contributed by atoms with Crippen molar-refractivity contribution in [3.8, 4) is 11.5 Å². The quantitative estimate of drug-likeness (QED) is 0.584. The van der Waals surface area contributed by atoms with Crippen molar-refractivity contribution in [1.29, 1.82) is 0 Å². The molecule has 3 aromatic rings. The Morgan fingerprint density at radius 1 is 1.05 bits per heavy atom. The van der Waals surface area contributed by atoms with Crippen molar-refractivity contribution in [2.45, 2.75) is 13.0 Å². The highest BCUT2D eigenvalue weighted by Crippen LogP contribution is 2.30. The minimum absolute atomic E-state index is 0.0622. The molecule has 1 unspecified atom stereocenters. The van der Waals surface area contributed by atoms with Gasteiger partial charge >= 0.3 is 0 Å². The summed E-state index contributed by atoms with van der Waals surface area (Å²) in [6, 6.07) is 12.7. The van der Waals surface area contributed by atoms with Gasteiger partial charge in [0.1, 0.15) is 11.5 Å². The highest BCUT2D eigenvalue weighted by Gasteiger charge is 2.11. The van der Waals surface area contributed by atoms with Crippen LogP contribution in [0.3, 0.4) is 0 Å². The number of rotatable bonds is 3. The lowest BCUT2D eigenvalue weighted by Crippen LogP contribution is -2.06. The summed E-state index contributed by atoms with van der Waals surface area (Å²) < 4.78 is 0. The standard InChI is InChI=1S/C16H16N2O2/c1-10(14-4-3-13(19)9-16(14)20)18-12-2-5-15-11(8-12)6-7-17-15/h2-10,17-20H,1H3. The lowest BCUT2D eigenvalue weighted by molar-refractivity contribution is 0.444. The summed E-state index contributed by atoms with van der Waals surface area (Å²) in [4.78, 5) is 3.15. The number of fused-ring (bicyclic) bond motifs is 1. The third kappa shape index (κ3) is 2.28. The van der Waals surface area contributed by atoms with E-state index in [1.165, 1.54) is 6.07 Å². The number of benzene rings is 2. The van der Waals surface area contributed by atoms with Crippen LogP contribution in [0.25, 0.3) is 10.9 Å². The van der Waals surface area contributed by atoms with E-state index in [1.54, 1.807) is 12.1 Å². The molecule has 0 saturated carbocycles. The maximum atomic E-state index is 9.87. The number of nitrogens with one attached hydrogen (secondary N) is 2. The van der Waals surface area contributed by atoms with E-state index in [0.717, 1.165) is 22.2 Å². The third-order valence-corrected chi connectivity index (χ3v) is 3.42. The zero-order valence-corrected chi connectivity index (χ0v) is 11.1. The van der Waals surface area contributed by atoms with Gasteiger partial charge in [0.05, 0.1) is 6.04 Å². The van der Waals surface area contributed by atoms with Gasteiger partial charge in [0.15, 0.2) is 0 Å². The van der Waals surface area contributed by atoms with E-state index in [1.807, 2.05) is 31.3 Å². The molecule has 4 nitrogen and oxygen atoms in total. The van der Waals surface area contributed by atoms with Gasteiger partial charge < -0.3 is 20.5 Å². The molecule has 3 rings (SSSR count). The fraction of sp³-hybridized carbons (Fsp3) is 0.125. The molecule has 1 heterocycles. The molecule has 102 valence electrons. The smallest absolute Gasteiger partial charge is 0.124 e. The lowest BCUT2D eigenvalue weighted by Gasteiger charge is -2.17. The van der Waals surface area contributed by atoms with E-state index in [9.17, 15) is 10.2 Å². The van der Waals surface area contributed by atoms with Crippen LogP contribution in [-0.4, -0.2) is 15.2 Å². The number of H-pyrrole nitrogens is 1. The summed E-state index contributed by atoms with van der Waals surface area (Å²) in [7, 11) is 0. The van der Waals surface area contributed by atoms with Crippen molar-refractivity contribution < 1.29 is 10.2 Å². The second-order valence-corrected chi connectivity index (χ2v) is 4.89. The average molecular weight is 268 g/mol. The number of aromatic amines is 1. The average Bonchev–Trinajstić information content (AvgIpc) is 2.85. The second kappa shape index (κ2) is 4.81. The van der Waals surface area contributed by atoms with Gasteiger partial charge in [0.2, 0.25) is 0 Å². The number of hydrogen-bond donors (Lipinski definition) is 4. The van der Waals surface area contributed by atoms with E-state index >= 15 is 0 Å². The van der Waals surface area contributed by atoms with Gasteiger partial charge in [-0.3, -0.25) is 0 Å². The number of aromatic nitrogens is 1. The van der Waals surface area contributed by atoms with E-state index in [4.69, 9.17) is 0 Å². The third-order valence-electron chi connectivity index (χ3n) is 3.42. The van der Waals surface area contributed by atoms with Gasteiger partial charge in [-0.25, -0.2) is 0 Å². The van der Waals surface area contributed by atoms with E-state index < -0.39 is 0 Å². The zero-order valence-electron chi connectivity index (χ0n) is 11.1. The molecular weight excluding hydrogens is 252 g/mol. The van der Waals surface area contributed by atoms with Crippen LogP contribution in [0.15, 0.2) is 48.7 Å². The van der Waals surface area contributed by atoms with Crippen LogP contribution in [0.2, 0.25) is 0 Å². The summed E-state index contributed by atoms with van der Waals surface area (Å²) in [6.45, 7) is 1.97. The monoisotopic (exact) mass is 268 g/mol. The molecule has 0 bridgehead atoms. The van der Waals surface area contributed by atoms with Crippen LogP contribution < -0.4 is 5.32 Å². The van der Waals surface area contributed by atoms with Gasteiger partial charge in [0.25, 0.3) is 0 Å². The van der Waals surface area contributed by atoms with Crippen molar-refractivity contribution >= 4 is 16.6 Å². The van der Waals surface area contributed by atoms with Gasteiger partial charge in [-0.1, -0.05) is 0 Å². The fourth-order valence-corrected chi connectivity index (χ4v) is 2.37. The molecule has 0 aliphatic carbocycles. The van der Waals surface area contributed by atoms with Crippen LogP contribution in [0.1, 0.15) is 18.5 Å². The molecule has 2 aromatic carbocycles. The highest BCUT2D eigenvalue weighted by molar-refractivity contribution is 5.83. The van der Waals surface area contributed by atoms with Crippen molar-refractivity contribution in [3.63, 3.8) is 0 Å². The summed E-state index contributed by atoms with van der Waals surface area (Å²) in [6.07, 6.45) is 1.91. The Balaban J connectivity index is 1.85. The number of phenols is 2. The van der Waals surface area contributed by atoms with Crippen LogP contribution in [0.5, 0.6) is 11.5 Å². The Morgan fingerprint density at radius 2 is 1.90 bits per heavy atom. The van der Waals surface area contributed by atoms with E-state index in [0.29, 0.717) is 0 Å². The Bertz CT molecular complexity index is 749. The number of phenolic OH excluding ortho intramolecular Hbond substituents is 2. The second-order valence-electron chi connectivity index (χ2n) is 4.89. The molecule has 20 heavy (non-hydrogen) atoms. The molecular formula is C16H16N2O2. The first-order chi connectivity index (χ1) is 9.63. The van der Waals surface area contributed by atoms with Crippen molar-refractivity contribution in [2.24, 2.45) is 0 Å². The van der Waals surface area contributed by atoms with Gasteiger partial charge in [-0.2, -0.15) is 0 Å². The Kier molecular flexibility index (Phi) is 2.99. The molecule has 0 aliphatic heterocycles. The summed E-state index contributed by atoms with van der Waals surface area (Å²) in [5.74, 6) is 0.153. The largest absolute Gasteiger partial charge is 0.508 e. The predicted octanol–water partition coefficient (Wildman–Crippen LogP) is 3.75. The van der Waals surface area contributed by atoms with Gasteiger partial charge in [0, 0.05) is 34.4 Å². The first-order valence-electron chi connectivity index (χ1n) is 6.49. The molecule has 0 radical (unpaired) electrons. The van der Waals surface area contributed by atoms with Crippen molar-refractivity contribution in [1.82, 2.24) is 4.98 Å². The molecule has 0 amide bonds. The van der Waals surface area contributed by atoms with Gasteiger partial charge in [-0.05, 0) is 43.3 Å². The number of hydrogen-bond acceptors (Lipinski definition) is 3. The molecule has 1 aromatic heterocycles. The number of anilines is 1. The number of aromatic hydroxyl groups is 2. The topological polar surface area (TPSA) is 68.3 Å². The van der Waals surface area contributed by atoms with E-state index in [-0.39, 0.29) is 17.5 Å². The van der Waals surface area contributed by atoms with Crippen LogP contribution in [-0.2, 0) is 0 Å². The molecule has 0 spiro atoms. The minimum Gasteiger partial charge on any atom is -0.508 e. The Labute approximate surface area is 116 Å². The molecule has 4 N–H and O–H groups in total. The van der Waals surface area contributed by atoms with Crippen LogP contribution in [0, 0.1) is 0 Å². The SMILES string of the molecule is CC(Nc1ccc2[nH]ccc2c1)c1ccc(O)cc1O. The van der Waals surface area contributed by atoms with Crippen molar-refractivity contribution in [2.75, 3.05) is 5.32 Å². The van der Waals surface area contributed by atoms with Gasteiger partial charge in [-0.15, -0.1) is 0 Å². The molecule has 0 fully saturated rings. The predicted molar refractivity (Wildman–Crippen MR) is 80.1 cm³/mol. The summed E-state index contributed by atoms with van der Waals surface area (Å²) >= 11 is 0. The Hall–Kier alpha value is -2.62. The molecule has 0 saturated heterocycles. The molecule has 4 heteroatoms. The highest BCUT2D eigenvalue weighted by atomic mass is 16.3. The summed E-state index contributed by atoms with van der Waals surface area (Å²) in [5.41, 5.74) is 2.82. The fourth-order valence-electron chi connectivity index (χ4n) is 2.37. The zero-order chi connectivity index (χ0) is 14.1.